The molecule has 0 aromatic heterocycles. The van der Waals surface area contributed by atoms with Gasteiger partial charge in [0.1, 0.15) is 6.04 Å². The highest BCUT2D eigenvalue weighted by Crippen LogP contribution is 2.29. The van der Waals surface area contributed by atoms with Gasteiger partial charge in [-0.25, -0.2) is 4.79 Å². The third-order valence-corrected chi connectivity index (χ3v) is 2.87. The van der Waals surface area contributed by atoms with Gasteiger partial charge in [-0.05, 0) is 25.7 Å². The molecule has 0 heterocycles. The number of carboxylic acids is 1. The predicted molar refractivity (Wildman–Crippen MR) is 62.7 cm³/mol. The molecule has 2 atom stereocenters. The summed E-state index contributed by atoms with van der Waals surface area (Å²) in [6, 6.07) is -1.04. The van der Waals surface area contributed by atoms with Gasteiger partial charge in [-0.3, -0.25) is 9.59 Å². The number of nitrogens with one attached hydrogen (secondary N) is 1. The summed E-state index contributed by atoms with van der Waals surface area (Å²) in [5, 5.41) is 11.6. The van der Waals surface area contributed by atoms with Gasteiger partial charge in [0, 0.05) is 5.92 Å². The van der Waals surface area contributed by atoms with Crippen LogP contribution in [0.4, 0.5) is 0 Å². The topological polar surface area (TPSA) is 92.7 Å². The second-order valence-corrected chi connectivity index (χ2v) is 4.59. The molecule has 0 saturated heterocycles. The summed E-state index contributed by atoms with van der Waals surface area (Å²) in [4.78, 5) is 33.9. The molecule has 1 aliphatic carbocycles. The summed E-state index contributed by atoms with van der Waals surface area (Å²) < 4.78 is 4.76. The Morgan fingerprint density at radius 1 is 1.39 bits per heavy atom. The molecule has 0 aliphatic heterocycles. The van der Waals surface area contributed by atoms with Crippen LogP contribution in [0.15, 0.2) is 0 Å². The number of carbonyl (C=O) groups excluding carboxylic acids is 2. The number of carbonyl (C=O) groups is 3. The largest absolute Gasteiger partial charge is 0.480 e. The Morgan fingerprint density at radius 3 is 2.44 bits per heavy atom. The second-order valence-electron chi connectivity index (χ2n) is 4.59. The van der Waals surface area contributed by atoms with E-state index in [1.807, 2.05) is 0 Å². The van der Waals surface area contributed by atoms with Crippen LogP contribution in [-0.4, -0.2) is 35.6 Å². The number of hydrogen-bond donors (Lipinski definition) is 2. The molecule has 0 spiro atoms. The molecule has 6 heteroatoms. The van der Waals surface area contributed by atoms with Gasteiger partial charge in [-0.15, -0.1) is 0 Å². The predicted octanol–water partition coefficient (Wildman–Crippen LogP) is 0.555. The van der Waals surface area contributed by atoms with E-state index >= 15 is 0 Å². The lowest BCUT2D eigenvalue weighted by Crippen LogP contribution is -2.46. The summed E-state index contributed by atoms with van der Waals surface area (Å²) in [5.41, 5.74) is 0. The SMILES string of the molecule is CCOC(=O)C[C@H](C)[C@H](NC(=O)C1CC1)C(=O)O. The maximum absolute atomic E-state index is 11.5. The number of esters is 1. The van der Waals surface area contributed by atoms with E-state index in [4.69, 9.17) is 9.84 Å². The maximum Gasteiger partial charge on any atom is 0.326 e. The number of ether oxygens (including phenoxy) is 1. The van der Waals surface area contributed by atoms with Gasteiger partial charge in [-0.2, -0.15) is 0 Å². The lowest BCUT2D eigenvalue weighted by molar-refractivity contribution is -0.147. The molecule has 2 N–H and O–H groups in total. The molecule has 1 saturated carbocycles. The Bertz CT molecular complexity index is 337. The molecular weight excluding hydrogens is 238 g/mol. The number of carboxylic acid groups (broad SMARTS) is 1. The highest BCUT2D eigenvalue weighted by atomic mass is 16.5. The van der Waals surface area contributed by atoms with Crippen LogP contribution >= 0.6 is 0 Å². The summed E-state index contributed by atoms with van der Waals surface area (Å²) in [6.45, 7) is 3.56. The van der Waals surface area contributed by atoms with Crippen LogP contribution < -0.4 is 5.32 Å². The number of amides is 1. The van der Waals surface area contributed by atoms with Crippen molar-refractivity contribution in [2.24, 2.45) is 11.8 Å². The van der Waals surface area contributed by atoms with Gasteiger partial charge in [0.15, 0.2) is 0 Å². The molecule has 0 unspecified atom stereocenters. The highest BCUT2D eigenvalue weighted by Gasteiger charge is 2.35. The first kappa shape index (κ1) is 14.5. The minimum absolute atomic E-state index is 0.0181. The van der Waals surface area contributed by atoms with Crippen molar-refractivity contribution in [2.75, 3.05) is 6.61 Å². The lowest BCUT2D eigenvalue weighted by atomic mass is 9.98. The Hall–Kier alpha value is -1.59. The quantitative estimate of drug-likeness (QED) is 0.650. The number of aliphatic carboxylic acids is 1. The van der Waals surface area contributed by atoms with E-state index in [-0.39, 0.29) is 24.9 Å². The molecule has 1 rings (SSSR count). The Balaban J connectivity index is 2.51. The molecule has 18 heavy (non-hydrogen) atoms. The van der Waals surface area contributed by atoms with Crippen LogP contribution in [0.5, 0.6) is 0 Å². The van der Waals surface area contributed by atoms with E-state index in [1.54, 1.807) is 13.8 Å². The van der Waals surface area contributed by atoms with Crippen LogP contribution in [0.25, 0.3) is 0 Å². The minimum atomic E-state index is -1.12. The number of rotatable bonds is 7. The minimum Gasteiger partial charge on any atom is -0.480 e. The van der Waals surface area contributed by atoms with E-state index in [0.29, 0.717) is 0 Å². The Labute approximate surface area is 106 Å². The van der Waals surface area contributed by atoms with E-state index in [0.717, 1.165) is 12.8 Å². The van der Waals surface area contributed by atoms with Crippen molar-refractivity contribution in [1.82, 2.24) is 5.32 Å². The molecule has 6 nitrogen and oxygen atoms in total. The summed E-state index contributed by atoms with van der Waals surface area (Å²) in [5.74, 6) is -2.36. The molecule has 0 bridgehead atoms. The molecule has 0 aromatic rings. The van der Waals surface area contributed by atoms with Crippen molar-refractivity contribution < 1.29 is 24.2 Å². The fourth-order valence-corrected chi connectivity index (χ4v) is 1.66. The summed E-state index contributed by atoms with van der Waals surface area (Å²) in [6.07, 6.45) is 1.60. The standard InChI is InChI=1S/C12H19NO5/c1-3-18-9(14)6-7(2)10(12(16)17)13-11(15)8-4-5-8/h7-8,10H,3-6H2,1-2H3,(H,13,15)(H,16,17)/t7-,10-/m0/s1. The first-order valence-corrected chi connectivity index (χ1v) is 6.14. The van der Waals surface area contributed by atoms with Crippen molar-refractivity contribution in [3.05, 3.63) is 0 Å². The molecule has 102 valence electrons. The summed E-state index contributed by atoms with van der Waals surface area (Å²) in [7, 11) is 0. The summed E-state index contributed by atoms with van der Waals surface area (Å²) >= 11 is 0. The zero-order chi connectivity index (χ0) is 13.7. The van der Waals surface area contributed by atoms with E-state index < -0.39 is 23.9 Å². The van der Waals surface area contributed by atoms with Gasteiger partial charge >= 0.3 is 11.9 Å². The van der Waals surface area contributed by atoms with Gasteiger partial charge in [0.05, 0.1) is 13.0 Å². The van der Waals surface area contributed by atoms with Crippen LogP contribution in [0.1, 0.15) is 33.1 Å². The second kappa shape index (κ2) is 6.37. The average Bonchev–Trinajstić information content (AvgIpc) is 3.08. The van der Waals surface area contributed by atoms with Gasteiger partial charge in [0.25, 0.3) is 0 Å². The van der Waals surface area contributed by atoms with Crippen molar-refractivity contribution in [2.45, 2.75) is 39.2 Å². The van der Waals surface area contributed by atoms with Crippen LogP contribution in [0.2, 0.25) is 0 Å². The van der Waals surface area contributed by atoms with Gasteiger partial charge in [0.2, 0.25) is 5.91 Å². The molecule has 1 amide bonds. The first-order valence-electron chi connectivity index (χ1n) is 6.14. The lowest BCUT2D eigenvalue weighted by Gasteiger charge is -2.20. The van der Waals surface area contributed by atoms with E-state index in [9.17, 15) is 14.4 Å². The third-order valence-electron chi connectivity index (χ3n) is 2.87. The number of hydrogen-bond acceptors (Lipinski definition) is 4. The van der Waals surface area contributed by atoms with E-state index in [1.165, 1.54) is 0 Å². The molecule has 0 aromatic carbocycles. The zero-order valence-electron chi connectivity index (χ0n) is 10.6. The van der Waals surface area contributed by atoms with Crippen LogP contribution in [0.3, 0.4) is 0 Å². The molecule has 0 radical (unpaired) electrons. The monoisotopic (exact) mass is 257 g/mol. The fraction of sp³-hybridized carbons (Fsp3) is 0.750. The smallest absolute Gasteiger partial charge is 0.326 e. The highest BCUT2D eigenvalue weighted by molar-refractivity contribution is 5.86. The van der Waals surface area contributed by atoms with Crippen molar-refractivity contribution >= 4 is 17.8 Å². The van der Waals surface area contributed by atoms with Crippen molar-refractivity contribution in [1.29, 1.82) is 0 Å². The normalized spacial score (nSPS) is 17.7. The van der Waals surface area contributed by atoms with E-state index in [2.05, 4.69) is 5.32 Å². The average molecular weight is 257 g/mol. The zero-order valence-corrected chi connectivity index (χ0v) is 10.6. The van der Waals surface area contributed by atoms with Gasteiger partial charge in [-0.1, -0.05) is 6.92 Å². The third kappa shape index (κ3) is 4.35. The van der Waals surface area contributed by atoms with Gasteiger partial charge < -0.3 is 15.2 Å². The van der Waals surface area contributed by atoms with Crippen molar-refractivity contribution in [3.8, 4) is 0 Å². The molecular formula is C12H19NO5. The first-order chi connectivity index (χ1) is 8.45. The van der Waals surface area contributed by atoms with Crippen molar-refractivity contribution in [3.63, 3.8) is 0 Å². The fourth-order valence-electron chi connectivity index (χ4n) is 1.66. The maximum atomic E-state index is 11.5. The Morgan fingerprint density at radius 2 is 2.00 bits per heavy atom. The van der Waals surface area contributed by atoms with Crippen LogP contribution in [0, 0.1) is 11.8 Å². The Kier molecular flexibility index (Phi) is 5.12. The molecule has 1 aliphatic rings. The van der Waals surface area contributed by atoms with Crippen LogP contribution in [-0.2, 0) is 19.1 Å². The molecule has 1 fully saturated rings.